The van der Waals surface area contributed by atoms with E-state index in [9.17, 15) is 0 Å². The highest BCUT2D eigenvalue weighted by Crippen LogP contribution is 2.20. The molecule has 24 heavy (non-hydrogen) atoms. The number of anilines is 2. The van der Waals surface area contributed by atoms with Gasteiger partial charge in [0.05, 0.1) is 0 Å². The van der Waals surface area contributed by atoms with E-state index in [1.54, 1.807) is 0 Å². The summed E-state index contributed by atoms with van der Waals surface area (Å²) in [6.07, 6.45) is 1.53. The molecule has 0 saturated heterocycles. The average molecular weight is 330 g/mol. The molecule has 0 radical (unpaired) electrons. The number of aromatic nitrogens is 3. The Labute approximate surface area is 143 Å². The molecule has 0 aliphatic carbocycles. The first-order valence-corrected chi connectivity index (χ1v) is 8.08. The van der Waals surface area contributed by atoms with Gasteiger partial charge in [0.2, 0.25) is 11.9 Å². The molecule has 2 aromatic rings. The molecular formula is C17H26N6O. The lowest BCUT2D eigenvalue weighted by Crippen LogP contribution is -2.32. The lowest BCUT2D eigenvalue weighted by atomic mass is 10.2. The lowest BCUT2D eigenvalue weighted by molar-refractivity contribution is 0.0534. The molecule has 1 aromatic heterocycles. The second-order valence-corrected chi connectivity index (χ2v) is 5.84. The normalized spacial score (nSPS) is 12.0. The van der Waals surface area contributed by atoms with Crippen LogP contribution in [0.3, 0.4) is 0 Å². The van der Waals surface area contributed by atoms with Gasteiger partial charge in [0, 0.05) is 26.7 Å². The van der Waals surface area contributed by atoms with Crippen molar-refractivity contribution in [3.63, 3.8) is 0 Å². The molecule has 0 aliphatic heterocycles. The van der Waals surface area contributed by atoms with Gasteiger partial charge in [-0.3, -0.25) is 0 Å². The molecule has 1 atom stereocenters. The predicted molar refractivity (Wildman–Crippen MR) is 96.8 cm³/mol. The van der Waals surface area contributed by atoms with E-state index in [-0.39, 0.29) is 6.23 Å². The summed E-state index contributed by atoms with van der Waals surface area (Å²) < 4.78 is 5.63. The quantitative estimate of drug-likeness (QED) is 0.742. The van der Waals surface area contributed by atoms with E-state index in [0.717, 1.165) is 18.4 Å². The number of benzene rings is 1. The molecular weight excluding hydrogens is 304 g/mol. The zero-order chi connectivity index (χ0) is 17.5. The number of hydrogen-bond donors (Lipinski definition) is 1. The third kappa shape index (κ3) is 4.87. The van der Waals surface area contributed by atoms with Crippen molar-refractivity contribution in [1.82, 2.24) is 15.0 Å². The van der Waals surface area contributed by atoms with Crippen LogP contribution in [0.15, 0.2) is 30.3 Å². The SMILES string of the molecule is CCCC(N)OCN(C)c1nc(-c2ccccc2)nc(N(C)C)n1. The second-order valence-electron chi connectivity index (χ2n) is 5.84. The van der Waals surface area contributed by atoms with Crippen LogP contribution in [0.25, 0.3) is 11.4 Å². The summed E-state index contributed by atoms with van der Waals surface area (Å²) in [5.74, 6) is 1.79. The highest BCUT2D eigenvalue weighted by Gasteiger charge is 2.14. The Kier molecular flexibility index (Phi) is 6.45. The zero-order valence-corrected chi connectivity index (χ0v) is 14.8. The Morgan fingerprint density at radius 3 is 2.33 bits per heavy atom. The first-order valence-electron chi connectivity index (χ1n) is 8.08. The standard InChI is InChI=1S/C17H26N6O/c1-5-9-14(18)24-12-23(4)17-20-15(13-10-7-6-8-11-13)19-16(21-17)22(2)3/h6-8,10-11,14H,5,9,12,18H2,1-4H3. The van der Waals surface area contributed by atoms with Crippen LogP contribution in [0, 0.1) is 0 Å². The number of hydrogen-bond acceptors (Lipinski definition) is 7. The fraction of sp³-hybridized carbons (Fsp3) is 0.471. The van der Waals surface area contributed by atoms with Gasteiger partial charge in [-0.1, -0.05) is 43.7 Å². The summed E-state index contributed by atoms with van der Waals surface area (Å²) >= 11 is 0. The molecule has 0 bridgehead atoms. The summed E-state index contributed by atoms with van der Waals surface area (Å²) in [5, 5.41) is 0. The van der Waals surface area contributed by atoms with Crippen molar-refractivity contribution in [1.29, 1.82) is 0 Å². The van der Waals surface area contributed by atoms with Gasteiger partial charge in [-0.25, -0.2) is 0 Å². The first kappa shape index (κ1) is 18.1. The maximum Gasteiger partial charge on any atom is 0.232 e. The van der Waals surface area contributed by atoms with Crippen LogP contribution >= 0.6 is 0 Å². The molecule has 2 rings (SSSR count). The number of ether oxygens (including phenoxy) is 1. The fourth-order valence-electron chi connectivity index (χ4n) is 2.07. The molecule has 2 N–H and O–H groups in total. The van der Waals surface area contributed by atoms with E-state index < -0.39 is 0 Å². The van der Waals surface area contributed by atoms with E-state index in [2.05, 4.69) is 21.9 Å². The van der Waals surface area contributed by atoms with Crippen LogP contribution in [-0.4, -0.2) is 49.1 Å². The summed E-state index contributed by atoms with van der Waals surface area (Å²) in [5.41, 5.74) is 6.84. The summed E-state index contributed by atoms with van der Waals surface area (Å²) in [7, 11) is 5.69. The molecule has 7 heteroatoms. The van der Waals surface area contributed by atoms with Crippen molar-refractivity contribution in [2.45, 2.75) is 26.0 Å². The summed E-state index contributed by atoms with van der Waals surface area (Å²) in [4.78, 5) is 17.3. The van der Waals surface area contributed by atoms with E-state index in [1.165, 1.54) is 0 Å². The minimum Gasteiger partial charge on any atom is -0.347 e. The van der Waals surface area contributed by atoms with Crippen LogP contribution in [0.4, 0.5) is 11.9 Å². The molecule has 0 spiro atoms. The largest absolute Gasteiger partial charge is 0.347 e. The molecule has 1 unspecified atom stereocenters. The fourth-order valence-corrected chi connectivity index (χ4v) is 2.07. The Bertz CT molecular complexity index is 634. The minimum absolute atomic E-state index is 0.277. The molecule has 0 amide bonds. The van der Waals surface area contributed by atoms with Crippen molar-refractivity contribution in [3.05, 3.63) is 30.3 Å². The molecule has 0 aliphatic rings. The molecule has 130 valence electrons. The Morgan fingerprint density at radius 2 is 1.71 bits per heavy atom. The molecule has 0 saturated carbocycles. The second kappa shape index (κ2) is 8.56. The van der Waals surface area contributed by atoms with Gasteiger partial charge in [0.15, 0.2) is 5.82 Å². The Morgan fingerprint density at radius 1 is 1.04 bits per heavy atom. The van der Waals surface area contributed by atoms with Gasteiger partial charge in [0.1, 0.15) is 13.0 Å². The van der Waals surface area contributed by atoms with Gasteiger partial charge in [-0.2, -0.15) is 15.0 Å². The maximum absolute atomic E-state index is 5.90. The molecule has 7 nitrogen and oxygen atoms in total. The van der Waals surface area contributed by atoms with Crippen molar-refractivity contribution in [3.8, 4) is 11.4 Å². The van der Waals surface area contributed by atoms with Gasteiger partial charge < -0.3 is 20.3 Å². The molecule has 1 heterocycles. The van der Waals surface area contributed by atoms with Gasteiger partial charge >= 0.3 is 0 Å². The van der Waals surface area contributed by atoms with Crippen LogP contribution in [0.2, 0.25) is 0 Å². The highest BCUT2D eigenvalue weighted by molar-refractivity contribution is 5.58. The average Bonchev–Trinajstić information content (AvgIpc) is 2.60. The predicted octanol–water partition coefficient (Wildman–Crippen LogP) is 2.10. The van der Waals surface area contributed by atoms with Crippen molar-refractivity contribution in [2.24, 2.45) is 5.73 Å². The number of nitrogens with zero attached hydrogens (tertiary/aromatic N) is 5. The molecule has 1 aromatic carbocycles. The van der Waals surface area contributed by atoms with E-state index in [0.29, 0.717) is 24.5 Å². The minimum atomic E-state index is -0.277. The third-order valence-electron chi connectivity index (χ3n) is 3.44. The van der Waals surface area contributed by atoms with Gasteiger partial charge in [0.25, 0.3) is 0 Å². The van der Waals surface area contributed by atoms with E-state index in [1.807, 2.05) is 61.3 Å². The molecule has 0 fully saturated rings. The van der Waals surface area contributed by atoms with Crippen molar-refractivity contribution >= 4 is 11.9 Å². The first-order chi connectivity index (χ1) is 11.5. The van der Waals surface area contributed by atoms with Crippen LogP contribution in [0.5, 0.6) is 0 Å². The number of rotatable bonds is 8. The summed E-state index contributed by atoms with van der Waals surface area (Å²) in [6.45, 7) is 2.40. The van der Waals surface area contributed by atoms with Gasteiger partial charge in [-0.05, 0) is 6.42 Å². The summed E-state index contributed by atoms with van der Waals surface area (Å²) in [6, 6.07) is 9.85. The third-order valence-corrected chi connectivity index (χ3v) is 3.44. The monoisotopic (exact) mass is 330 g/mol. The smallest absolute Gasteiger partial charge is 0.232 e. The van der Waals surface area contributed by atoms with Crippen LogP contribution in [0.1, 0.15) is 19.8 Å². The Hall–Kier alpha value is -2.25. The van der Waals surface area contributed by atoms with Gasteiger partial charge in [-0.15, -0.1) is 0 Å². The van der Waals surface area contributed by atoms with Crippen LogP contribution in [-0.2, 0) is 4.74 Å². The highest BCUT2D eigenvalue weighted by atomic mass is 16.5. The Balaban J connectivity index is 2.24. The lowest BCUT2D eigenvalue weighted by Gasteiger charge is -2.21. The topological polar surface area (TPSA) is 80.4 Å². The van der Waals surface area contributed by atoms with Crippen LogP contribution < -0.4 is 15.5 Å². The zero-order valence-electron chi connectivity index (χ0n) is 14.8. The van der Waals surface area contributed by atoms with E-state index >= 15 is 0 Å². The van der Waals surface area contributed by atoms with Crippen molar-refractivity contribution in [2.75, 3.05) is 37.7 Å². The van der Waals surface area contributed by atoms with Crippen molar-refractivity contribution < 1.29 is 4.74 Å². The van der Waals surface area contributed by atoms with E-state index in [4.69, 9.17) is 10.5 Å². The number of nitrogens with two attached hydrogens (primary N) is 1. The maximum atomic E-state index is 5.90.